The molecule has 2 aliphatic rings. The van der Waals surface area contributed by atoms with Crippen molar-refractivity contribution < 1.29 is 0 Å². The second-order valence-electron chi connectivity index (χ2n) is 6.32. The topological polar surface area (TPSA) is 33.1 Å². The van der Waals surface area contributed by atoms with Gasteiger partial charge >= 0.3 is 0 Å². The van der Waals surface area contributed by atoms with Crippen LogP contribution in [0.4, 0.5) is 0 Å². The van der Waals surface area contributed by atoms with E-state index in [1.807, 2.05) is 17.9 Å². The van der Waals surface area contributed by atoms with Gasteiger partial charge in [0.2, 0.25) is 0 Å². The van der Waals surface area contributed by atoms with E-state index in [1.54, 1.807) is 0 Å². The quantitative estimate of drug-likeness (QED) is 0.897. The second-order valence-corrected chi connectivity index (χ2v) is 6.32. The first-order valence-electron chi connectivity index (χ1n) is 7.71. The Morgan fingerprint density at radius 3 is 2.89 bits per heavy atom. The second kappa shape index (κ2) is 5.63. The predicted octanol–water partition coefficient (Wildman–Crippen LogP) is 1.57. The van der Waals surface area contributed by atoms with Crippen LogP contribution in [0.2, 0.25) is 0 Å². The molecular weight excluding hydrogens is 236 g/mol. The molecule has 1 aromatic rings. The fraction of sp³-hybridized carbons (Fsp3) is 0.800. The van der Waals surface area contributed by atoms with Crippen molar-refractivity contribution in [1.29, 1.82) is 0 Å². The summed E-state index contributed by atoms with van der Waals surface area (Å²) in [5.41, 5.74) is 1.80. The Morgan fingerprint density at radius 2 is 2.16 bits per heavy atom. The van der Waals surface area contributed by atoms with Crippen LogP contribution in [-0.2, 0) is 13.5 Å². The number of hydrogen-bond acceptors (Lipinski definition) is 3. The lowest BCUT2D eigenvalue weighted by Gasteiger charge is -2.46. The molecule has 0 bridgehead atoms. The summed E-state index contributed by atoms with van der Waals surface area (Å²) in [7, 11) is 1.99. The van der Waals surface area contributed by atoms with Crippen LogP contribution in [0.3, 0.4) is 0 Å². The molecule has 1 aliphatic carbocycles. The molecule has 0 radical (unpaired) electrons. The molecule has 0 amide bonds. The van der Waals surface area contributed by atoms with Gasteiger partial charge in [0, 0.05) is 45.0 Å². The molecule has 1 saturated carbocycles. The van der Waals surface area contributed by atoms with Crippen molar-refractivity contribution in [2.75, 3.05) is 26.2 Å². The van der Waals surface area contributed by atoms with E-state index >= 15 is 0 Å². The predicted molar refractivity (Wildman–Crippen MR) is 77.2 cm³/mol. The largest absolute Gasteiger partial charge is 0.309 e. The third kappa shape index (κ3) is 3.18. The Balaban J connectivity index is 1.53. The fourth-order valence-electron chi connectivity index (χ4n) is 3.68. The number of aromatic nitrogens is 2. The lowest BCUT2D eigenvalue weighted by molar-refractivity contribution is 0.100. The van der Waals surface area contributed by atoms with E-state index in [0.717, 1.165) is 13.0 Å². The number of aryl methyl sites for hydroxylation is 1. The van der Waals surface area contributed by atoms with Gasteiger partial charge in [-0.25, -0.2) is 0 Å². The average Bonchev–Trinajstić information content (AvgIpc) is 2.83. The highest BCUT2D eigenvalue weighted by Gasteiger charge is 2.35. The molecule has 1 spiro atoms. The van der Waals surface area contributed by atoms with Gasteiger partial charge in [-0.1, -0.05) is 19.3 Å². The van der Waals surface area contributed by atoms with Crippen LogP contribution in [0.5, 0.6) is 0 Å². The Kier molecular flexibility index (Phi) is 3.89. The van der Waals surface area contributed by atoms with Crippen LogP contribution in [0, 0.1) is 0 Å². The van der Waals surface area contributed by atoms with E-state index in [4.69, 9.17) is 0 Å². The van der Waals surface area contributed by atoms with Gasteiger partial charge in [0.15, 0.2) is 0 Å². The van der Waals surface area contributed by atoms with E-state index in [1.165, 1.54) is 57.3 Å². The Morgan fingerprint density at radius 1 is 1.32 bits per heavy atom. The molecular formula is C15H26N4. The number of nitrogens with one attached hydrogen (secondary N) is 1. The molecule has 0 atom stereocenters. The molecule has 3 rings (SSSR count). The van der Waals surface area contributed by atoms with Crippen LogP contribution >= 0.6 is 0 Å². The summed E-state index contributed by atoms with van der Waals surface area (Å²) >= 11 is 0. The van der Waals surface area contributed by atoms with E-state index < -0.39 is 0 Å². The fourth-order valence-corrected chi connectivity index (χ4v) is 3.68. The van der Waals surface area contributed by atoms with Crippen molar-refractivity contribution in [3.05, 3.63) is 18.0 Å². The molecule has 0 aromatic carbocycles. The minimum absolute atomic E-state index is 0.436. The highest BCUT2D eigenvalue weighted by molar-refractivity contribution is 5.05. The third-order valence-electron chi connectivity index (χ3n) is 4.74. The Bertz CT molecular complexity index is 401. The third-order valence-corrected chi connectivity index (χ3v) is 4.74. The number of nitrogens with zero attached hydrogens (tertiary/aromatic N) is 3. The molecule has 4 nitrogen and oxygen atoms in total. The van der Waals surface area contributed by atoms with Crippen molar-refractivity contribution in [2.24, 2.45) is 7.05 Å². The summed E-state index contributed by atoms with van der Waals surface area (Å²) in [6, 6.07) is 0. The zero-order valence-electron chi connectivity index (χ0n) is 12.1. The van der Waals surface area contributed by atoms with Gasteiger partial charge in [-0.05, 0) is 24.8 Å². The molecule has 2 fully saturated rings. The van der Waals surface area contributed by atoms with Crippen LogP contribution in [-0.4, -0.2) is 46.4 Å². The maximum Gasteiger partial charge on any atom is 0.0522 e. The smallest absolute Gasteiger partial charge is 0.0522 e. The Labute approximate surface area is 116 Å². The van der Waals surface area contributed by atoms with Crippen molar-refractivity contribution >= 4 is 0 Å². The van der Waals surface area contributed by atoms with E-state index in [2.05, 4.69) is 21.5 Å². The standard InChI is InChI=1S/C15H26N4/c1-18-12-14(11-17-18)5-9-19-10-8-16-15(13-19)6-3-2-4-7-15/h11-12,16H,2-10,13H2,1H3. The van der Waals surface area contributed by atoms with E-state index in [9.17, 15) is 0 Å². The van der Waals surface area contributed by atoms with Crippen LogP contribution < -0.4 is 5.32 Å². The lowest BCUT2D eigenvalue weighted by atomic mass is 9.80. The zero-order valence-corrected chi connectivity index (χ0v) is 12.1. The van der Waals surface area contributed by atoms with Crippen molar-refractivity contribution in [3.8, 4) is 0 Å². The molecule has 1 aromatic heterocycles. The van der Waals surface area contributed by atoms with Gasteiger partial charge in [-0.2, -0.15) is 5.10 Å². The molecule has 0 unspecified atom stereocenters. The number of hydrogen-bond donors (Lipinski definition) is 1. The van der Waals surface area contributed by atoms with Gasteiger partial charge in [-0.15, -0.1) is 0 Å². The summed E-state index contributed by atoms with van der Waals surface area (Å²) in [5, 5.41) is 8.06. The van der Waals surface area contributed by atoms with Crippen LogP contribution in [0.15, 0.2) is 12.4 Å². The first kappa shape index (κ1) is 13.1. The maximum atomic E-state index is 4.25. The summed E-state index contributed by atoms with van der Waals surface area (Å²) in [5.74, 6) is 0. The van der Waals surface area contributed by atoms with Crippen molar-refractivity contribution in [2.45, 2.75) is 44.1 Å². The number of rotatable bonds is 3. The number of piperazine rings is 1. The molecule has 1 N–H and O–H groups in total. The maximum absolute atomic E-state index is 4.25. The summed E-state index contributed by atoms with van der Waals surface area (Å²) in [6.45, 7) is 4.78. The molecule has 4 heteroatoms. The van der Waals surface area contributed by atoms with Crippen molar-refractivity contribution in [1.82, 2.24) is 20.0 Å². The van der Waals surface area contributed by atoms with E-state index in [0.29, 0.717) is 5.54 Å². The summed E-state index contributed by atoms with van der Waals surface area (Å²) in [4.78, 5) is 2.65. The first-order valence-corrected chi connectivity index (χ1v) is 7.71. The highest BCUT2D eigenvalue weighted by atomic mass is 15.2. The Hall–Kier alpha value is -0.870. The van der Waals surface area contributed by atoms with Crippen LogP contribution in [0.1, 0.15) is 37.7 Å². The monoisotopic (exact) mass is 262 g/mol. The van der Waals surface area contributed by atoms with Gasteiger partial charge in [0.25, 0.3) is 0 Å². The summed E-state index contributed by atoms with van der Waals surface area (Å²) in [6.07, 6.45) is 12.2. The molecule has 1 aliphatic heterocycles. The SMILES string of the molecule is Cn1cc(CCN2CCNC3(CCCCC3)C2)cn1. The summed E-state index contributed by atoms with van der Waals surface area (Å²) < 4.78 is 1.90. The highest BCUT2D eigenvalue weighted by Crippen LogP contribution is 2.30. The van der Waals surface area contributed by atoms with Gasteiger partial charge in [0.05, 0.1) is 6.20 Å². The van der Waals surface area contributed by atoms with Gasteiger partial charge in [0.1, 0.15) is 0 Å². The zero-order chi connectivity index (χ0) is 13.1. The molecule has 106 valence electrons. The van der Waals surface area contributed by atoms with Gasteiger partial charge < -0.3 is 5.32 Å². The molecule has 19 heavy (non-hydrogen) atoms. The lowest BCUT2D eigenvalue weighted by Crippen LogP contribution is -2.61. The average molecular weight is 262 g/mol. The van der Waals surface area contributed by atoms with E-state index in [-0.39, 0.29) is 0 Å². The molecule has 1 saturated heterocycles. The minimum atomic E-state index is 0.436. The minimum Gasteiger partial charge on any atom is -0.309 e. The van der Waals surface area contributed by atoms with Gasteiger partial charge in [-0.3, -0.25) is 9.58 Å². The van der Waals surface area contributed by atoms with Crippen molar-refractivity contribution in [3.63, 3.8) is 0 Å². The van der Waals surface area contributed by atoms with Crippen LogP contribution in [0.25, 0.3) is 0 Å². The normalized spacial score (nSPS) is 23.8. The first-order chi connectivity index (χ1) is 9.26. The molecule has 2 heterocycles.